The molecule has 1 nitrogen and oxygen atoms in total. The third-order valence-corrected chi connectivity index (χ3v) is 2.26. The van der Waals surface area contributed by atoms with Crippen LogP contribution in [-0.4, -0.2) is 11.0 Å². The van der Waals surface area contributed by atoms with Crippen molar-refractivity contribution in [2.75, 3.05) is 0 Å². The van der Waals surface area contributed by atoms with Crippen LogP contribution in [0.25, 0.3) is 0 Å². The first kappa shape index (κ1) is 7.82. The molecule has 1 heterocycles. The second-order valence-corrected chi connectivity index (χ2v) is 3.74. The van der Waals surface area contributed by atoms with Gasteiger partial charge in [-0.2, -0.15) is 12.6 Å². The highest BCUT2D eigenvalue weighted by atomic mass is 32.1. The fraction of sp³-hybridized carbons (Fsp3) is 0.286. The molecule has 0 saturated heterocycles. The van der Waals surface area contributed by atoms with Gasteiger partial charge in [0.05, 0.1) is 10.1 Å². The summed E-state index contributed by atoms with van der Waals surface area (Å²) in [5.74, 6) is 0.110. The first-order valence-corrected chi connectivity index (χ1v) is 4.37. The Balaban J connectivity index is 2.78. The van der Waals surface area contributed by atoms with Gasteiger partial charge in [0, 0.05) is 0 Å². The SMILES string of the molecule is CC(S)C(=O)c1cccs1. The largest absolute Gasteiger partial charge is 0.292 e. The molecule has 10 heavy (non-hydrogen) atoms. The van der Waals surface area contributed by atoms with Crippen LogP contribution >= 0.6 is 24.0 Å². The molecule has 1 atom stereocenters. The summed E-state index contributed by atoms with van der Waals surface area (Å²) in [5, 5.41) is 1.71. The van der Waals surface area contributed by atoms with Crippen molar-refractivity contribution in [2.45, 2.75) is 12.2 Å². The first-order valence-electron chi connectivity index (χ1n) is 2.97. The summed E-state index contributed by atoms with van der Waals surface area (Å²) in [6.07, 6.45) is 0. The van der Waals surface area contributed by atoms with Crippen molar-refractivity contribution in [2.24, 2.45) is 0 Å². The number of thiol groups is 1. The molecule has 0 spiro atoms. The van der Waals surface area contributed by atoms with Crippen molar-refractivity contribution in [3.05, 3.63) is 22.4 Å². The number of thiophene rings is 1. The smallest absolute Gasteiger partial charge is 0.185 e. The van der Waals surface area contributed by atoms with Gasteiger partial charge in [-0.25, -0.2) is 0 Å². The lowest BCUT2D eigenvalue weighted by Crippen LogP contribution is -2.08. The molecule has 3 heteroatoms. The van der Waals surface area contributed by atoms with Gasteiger partial charge in [0.25, 0.3) is 0 Å². The topological polar surface area (TPSA) is 17.1 Å². The van der Waals surface area contributed by atoms with Crippen LogP contribution in [0.5, 0.6) is 0 Å². The second-order valence-electron chi connectivity index (χ2n) is 2.02. The van der Waals surface area contributed by atoms with Crippen molar-refractivity contribution in [1.29, 1.82) is 0 Å². The van der Waals surface area contributed by atoms with Crippen LogP contribution in [0.1, 0.15) is 16.6 Å². The quantitative estimate of drug-likeness (QED) is 0.535. The average molecular weight is 172 g/mol. The van der Waals surface area contributed by atoms with Crippen LogP contribution in [0.2, 0.25) is 0 Å². The van der Waals surface area contributed by atoms with E-state index in [1.807, 2.05) is 17.5 Å². The van der Waals surface area contributed by atoms with E-state index in [0.717, 1.165) is 4.88 Å². The zero-order valence-electron chi connectivity index (χ0n) is 5.57. The molecule has 1 aromatic heterocycles. The van der Waals surface area contributed by atoms with Crippen LogP contribution in [0.4, 0.5) is 0 Å². The Kier molecular flexibility index (Phi) is 2.51. The lowest BCUT2D eigenvalue weighted by atomic mass is 10.2. The van der Waals surface area contributed by atoms with Gasteiger partial charge in [0.15, 0.2) is 5.78 Å². The van der Waals surface area contributed by atoms with E-state index in [0.29, 0.717) is 0 Å². The van der Waals surface area contributed by atoms with E-state index >= 15 is 0 Å². The van der Waals surface area contributed by atoms with E-state index in [9.17, 15) is 4.79 Å². The summed E-state index contributed by atoms with van der Waals surface area (Å²) in [6, 6.07) is 3.69. The second kappa shape index (κ2) is 3.21. The summed E-state index contributed by atoms with van der Waals surface area (Å²) in [6.45, 7) is 1.78. The van der Waals surface area contributed by atoms with E-state index in [4.69, 9.17) is 0 Å². The van der Waals surface area contributed by atoms with Gasteiger partial charge in [0.1, 0.15) is 0 Å². The van der Waals surface area contributed by atoms with Crippen molar-refractivity contribution in [1.82, 2.24) is 0 Å². The average Bonchev–Trinajstić information content (AvgIpc) is 2.36. The molecule has 0 aromatic carbocycles. The zero-order chi connectivity index (χ0) is 7.56. The molecule has 1 rings (SSSR count). The standard InChI is InChI=1S/C7H8OS2/c1-5(9)7(8)6-3-2-4-10-6/h2-5,9H,1H3. The summed E-state index contributed by atoms with van der Waals surface area (Å²) in [7, 11) is 0. The minimum absolute atomic E-state index is 0.110. The van der Waals surface area contributed by atoms with Crippen LogP contribution in [0.3, 0.4) is 0 Å². The monoisotopic (exact) mass is 172 g/mol. The number of carbonyl (C=O) groups is 1. The summed E-state index contributed by atoms with van der Waals surface area (Å²) < 4.78 is 0. The predicted octanol–water partition coefficient (Wildman–Crippen LogP) is 2.25. The molecular weight excluding hydrogens is 164 g/mol. The van der Waals surface area contributed by atoms with Gasteiger partial charge >= 0.3 is 0 Å². The van der Waals surface area contributed by atoms with Crippen LogP contribution in [-0.2, 0) is 0 Å². The maximum absolute atomic E-state index is 11.1. The molecule has 1 aromatic rings. The Morgan fingerprint density at radius 3 is 2.90 bits per heavy atom. The van der Waals surface area contributed by atoms with E-state index in [-0.39, 0.29) is 11.0 Å². The number of hydrogen-bond acceptors (Lipinski definition) is 3. The fourth-order valence-electron chi connectivity index (χ4n) is 0.625. The van der Waals surface area contributed by atoms with E-state index < -0.39 is 0 Å². The number of carbonyl (C=O) groups excluding carboxylic acids is 1. The Bertz CT molecular complexity index is 214. The number of hydrogen-bond donors (Lipinski definition) is 1. The highest BCUT2D eigenvalue weighted by Crippen LogP contribution is 2.13. The Hall–Kier alpha value is -0.280. The summed E-state index contributed by atoms with van der Waals surface area (Å²) in [4.78, 5) is 11.9. The molecule has 0 radical (unpaired) electrons. The molecule has 0 fully saturated rings. The van der Waals surface area contributed by atoms with Gasteiger partial charge in [-0.15, -0.1) is 11.3 Å². The highest BCUT2D eigenvalue weighted by Gasteiger charge is 2.10. The molecule has 0 bridgehead atoms. The van der Waals surface area contributed by atoms with Crippen molar-refractivity contribution >= 4 is 29.7 Å². The minimum Gasteiger partial charge on any atom is -0.292 e. The highest BCUT2D eigenvalue weighted by molar-refractivity contribution is 7.81. The van der Waals surface area contributed by atoms with E-state index in [2.05, 4.69) is 12.6 Å². The van der Waals surface area contributed by atoms with Crippen molar-refractivity contribution in [3.8, 4) is 0 Å². The van der Waals surface area contributed by atoms with Crippen LogP contribution in [0, 0.1) is 0 Å². The molecule has 0 aliphatic carbocycles. The van der Waals surface area contributed by atoms with E-state index in [1.165, 1.54) is 11.3 Å². The fourth-order valence-corrected chi connectivity index (χ4v) is 1.60. The maximum atomic E-state index is 11.1. The molecule has 0 amide bonds. The number of Topliss-reactive ketones (excluding diaryl/α,β-unsaturated/α-hetero) is 1. The van der Waals surface area contributed by atoms with Crippen LogP contribution < -0.4 is 0 Å². The van der Waals surface area contributed by atoms with Crippen molar-refractivity contribution in [3.63, 3.8) is 0 Å². The third-order valence-electron chi connectivity index (χ3n) is 1.14. The van der Waals surface area contributed by atoms with Gasteiger partial charge in [-0.3, -0.25) is 4.79 Å². The third kappa shape index (κ3) is 1.61. The Morgan fingerprint density at radius 2 is 2.50 bits per heavy atom. The minimum atomic E-state index is -0.182. The van der Waals surface area contributed by atoms with E-state index in [1.54, 1.807) is 6.92 Å². The number of rotatable bonds is 2. The van der Waals surface area contributed by atoms with Crippen LogP contribution in [0.15, 0.2) is 17.5 Å². The van der Waals surface area contributed by atoms with Gasteiger partial charge in [-0.1, -0.05) is 6.07 Å². The first-order chi connectivity index (χ1) is 4.72. The lowest BCUT2D eigenvalue weighted by molar-refractivity contribution is 0.0998. The maximum Gasteiger partial charge on any atom is 0.185 e. The normalized spacial score (nSPS) is 13.0. The molecular formula is C7H8OS2. The van der Waals surface area contributed by atoms with Gasteiger partial charge in [0.2, 0.25) is 0 Å². The molecule has 0 aliphatic rings. The zero-order valence-corrected chi connectivity index (χ0v) is 7.28. The summed E-state index contributed by atoms with van der Waals surface area (Å²) >= 11 is 5.50. The number of ketones is 1. The predicted molar refractivity (Wildman–Crippen MR) is 47.1 cm³/mol. The molecule has 54 valence electrons. The molecule has 0 N–H and O–H groups in total. The summed E-state index contributed by atoms with van der Waals surface area (Å²) in [5.41, 5.74) is 0. The lowest BCUT2D eigenvalue weighted by Gasteiger charge is -1.97. The van der Waals surface area contributed by atoms with Gasteiger partial charge in [-0.05, 0) is 18.4 Å². The molecule has 0 aliphatic heterocycles. The van der Waals surface area contributed by atoms with Gasteiger partial charge < -0.3 is 0 Å². The molecule has 1 unspecified atom stereocenters. The Labute approximate surface area is 69.5 Å². The Morgan fingerprint density at radius 1 is 1.80 bits per heavy atom. The van der Waals surface area contributed by atoms with Crippen molar-refractivity contribution < 1.29 is 4.79 Å². The molecule has 0 saturated carbocycles.